The molecule has 0 saturated heterocycles. The quantitative estimate of drug-likeness (QED) is 0.648. The maximum atomic E-state index is 11.0. The fourth-order valence-electron chi connectivity index (χ4n) is 0.904. The van der Waals surface area contributed by atoms with Crippen LogP contribution in [0.15, 0.2) is 0 Å². The largest absolute Gasteiger partial charge is 0.298 e. The minimum absolute atomic E-state index is 0.0293. The lowest BCUT2D eigenvalue weighted by Gasteiger charge is -2.27. The molecule has 0 aliphatic carbocycles. The molecule has 0 aromatic heterocycles. The van der Waals surface area contributed by atoms with Gasteiger partial charge in [0.05, 0.1) is 6.04 Å². The normalized spacial score (nSPS) is 14.1. The van der Waals surface area contributed by atoms with Crippen molar-refractivity contribution in [2.24, 2.45) is 0 Å². The average Bonchev–Trinajstić information content (AvgIpc) is 1.88. The lowest BCUT2D eigenvalue weighted by atomic mass is 10.2. The highest BCUT2D eigenvalue weighted by Crippen LogP contribution is 2.04. The van der Waals surface area contributed by atoms with E-state index in [1.165, 1.54) is 0 Å². The Bertz CT molecular complexity index is 136. The van der Waals surface area contributed by atoms with E-state index in [-0.39, 0.29) is 11.8 Å². The molecule has 1 atom stereocenters. The Labute approximate surface area is 74.4 Å². The van der Waals surface area contributed by atoms with Crippen LogP contribution in [0.5, 0.6) is 0 Å². The van der Waals surface area contributed by atoms with Crippen LogP contribution in [0.1, 0.15) is 20.8 Å². The molecule has 0 aromatic carbocycles. The Hall–Kier alpha value is -0.0200. The summed E-state index contributed by atoms with van der Waals surface area (Å²) in [4.78, 5) is 13.1. The summed E-state index contributed by atoms with van der Waals surface area (Å²) in [6.07, 6.45) is 0. The molecular weight excluding hydrogens is 158 g/mol. The second kappa shape index (κ2) is 4.78. The van der Waals surface area contributed by atoms with Gasteiger partial charge in [0.25, 0.3) is 0 Å². The highest BCUT2D eigenvalue weighted by atomic mass is 32.1. The molecule has 0 fully saturated rings. The molecule has 0 N–H and O–H groups in total. The molecule has 0 bridgehead atoms. The van der Waals surface area contributed by atoms with Gasteiger partial charge in [0, 0.05) is 11.8 Å². The number of Topliss-reactive ketones (excluding diaryl/α,β-unsaturated/α-hetero) is 1. The highest BCUT2D eigenvalue weighted by Gasteiger charge is 2.19. The smallest absolute Gasteiger partial charge is 0.147 e. The summed E-state index contributed by atoms with van der Waals surface area (Å²) in [5, 5.41) is 0. The third-order valence-corrected chi connectivity index (χ3v) is 2.29. The van der Waals surface area contributed by atoms with Crippen molar-refractivity contribution in [3.8, 4) is 0 Å². The van der Waals surface area contributed by atoms with Gasteiger partial charge >= 0.3 is 0 Å². The summed E-state index contributed by atoms with van der Waals surface area (Å²) in [5.41, 5.74) is 0. The number of hydrogen-bond donors (Lipinski definition) is 1. The highest BCUT2D eigenvalue weighted by molar-refractivity contribution is 7.80. The number of rotatable bonds is 4. The number of ketones is 1. The van der Waals surface area contributed by atoms with Crippen LogP contribution in [0.25, 0.3) is 0 Å². The van der Waals surface area contributed by atoms with Crippen LogP contribution < -0.4 is 0 Å². The zero-order chi connectivity index (χ0) is 9.02. The zero-order valence-electron chi connectivity index (χ0n) is 7.66. The molecule has 0 saturated carbocycles. The Morgan fingerprint density at radius 1 is 1.55 bits per heavy atom. The number of carbonyl (C=O) groups is 1. The first-order valence-electron chi connectivity index (χ1n) is 3.84. The molecule has 0 heterocycles. The lowest BCUT2D eigenvalue weighted by molar-refractivity contribution is -0.121. The van der Waals surface area contributed by atoms with E-state index < -0.39 is 0 Å². The first-order chi connectivity index (χ1) is 5.00. The summed E-state index contributed by atoms with van der Waals surface area (Å²) < 4.78 is 0. The molecular formula is C8H17NOS. The van der Waals surface area contributed by atoms with Gasteiger partial charge in [-0.15, -0.1) is 0 Å². The standard InChI is InChI=1S/C8H17NOS/c1-6(2)9(4)8(5-11)7(3)10/h6,8,11H,5H2,1-4H3/t8-/m0/s1. The Morgan fingerprint density at radius 3 is 2.09 bits per heavy atom. The van der Waals surface area contributed by atoms with Gasteiger partial charge < -0.3 is 0 Å². The van der Waals surface area contributed by atoms with Crippen LogP contribution in [0.2, 0.25) is 0 Å². The summed E-state index contributed by atoms with van der Waals surface area (Å²) in [6.45, 7) is 5.75. The van der Waals surface area contributed by atoms with Crippen molar-refractivity contribution in [1.82, 2.24) is 4.90 Å². The summed E-state index contributed by atoms with van der Waals surface area (Å²) in [5.74, 6) is 0.792. The van der Waals surface area contributed by atoms with Crippen molar-refractivity contribution >= 4 is 18.4 Å². The SMILES string of the molecule is CC(=O)[C@H](CS)N(C)C(C)C. The van der Waals surface area contributed by atoms with Gasteiger partial charge in [0.2, 0.25) is 0 Å². The maximum absolute atomic E-state index is 11.0. The molecule has 3 heteroatoms. The Balaban J connectivity index is 4.14. The minimum atomic E-state index is -0.0293. The van der Waals surface area contributed by atoms with Crippen LogP contribution in [-0.4, -0.2) is 35.6 Å². The van der Waals surface area contributed by atoms with Crippen LogP contribution in [0.3, 0.4) is 0 Å². The summed E-state index contributed by atoms with van der Waals surface area (Å²) in [7, 11) is 1.95. The summed E-state index contributed by atoms with van der Waals surface area (Å²) >= 11 is 4.13. The predicted octanol–water partition coefficient (Wildman–Crippen LogP) is 1.21. The monoisotopic (exact) mass is 175 g/mol. The molecule has 0 radical (unpaired) electrons. The summed E-state index contributed by atoms with van der Waals surface area (Å²) in [6, 6.07) is 0.370. The van der Waals surface area contributed by atoms with E-state index >= 15 is 0 Å². The molecule has 0 aromatic rings. The van der Waals surface area contributed by atoms with Crippen molar-refractivity contribution in [3.05, 3.63) is 0 Å². The predicted molar refractivity (Wildman–Crippen MR) is 51.2 cm³/mol. The van der Waals surface area contributed by atoms with Gasteiger partial charge in [0.1, 0.15) is 5.78 Å². The van der Waals surface area contributed by atoms with Crippen molar-refractivity contribution in [2.45, 2.75) is 32.9 Å². The fraction of sp³-hybridized carbons (Fsp3) is 0.875. The van der Waals surface area contributed by atoms with E-state index in [4.69, 9.17) is 0 Å². The van der Waals surface area contributed by atoms with E-state index in [0.29, 0.717) is 11.8 Å². The van der Waals surface area contributed by atoms with Gasteiger partial charge in [-0.1, -0.05) is 0 Å². The van der Waals surface area contributed by atoms with Crippen molar-refractivity contribution in [2.75, 3.05) is 12.8 Å². The molecule has 0 spiro atoms. The van der Waals surface area contributed by atoms with Gasteiger partial charge in [-0.2, -0.15) is 12.6 Å². The second-order valence-electron chi connectivity index (χ2n) is 3.07. The number of nitrogens with zero attached hydrogens (tertiary/aromatic N) is 1. The average molecular weight is 175 g/mol. The molecule has 11 heavy (non-hydrogen) atoms. The Kier molecular flexibility index (Phi) is 4.77. The first kappa shape index (κ1) is 11.0. The second-order valence-corrected chi connectivity index (χ2v) is 3.43. The first-order valence-corrected chi connectivity index (χ1v) is 4.47. The van der Waals surface area contributed by atoms with Gasteiger partial charge in [-0.25, -0.2) is 0 Å². The molecule has 0 aliphatic rings. The minimum Gasteiger partial charge on any atom is -0.298 e. The molecule has 2 nitrogen and oxygen atoms in total. The van der Waals surface area contributed by atoms with Gasteiger partial charge in [0.15, 0.2) is 0 Å². The fourth-order valence-corrected chi connectivity index (χ4v) is 1.42. The van der Waals surface area contributed by atoms with Crippen LogP contribution in [0, 0.1) is 0 Å². The maximum Gasteiger partial charge on any atom is 0.147 e. The van der Waals surface area contributed by atoms with Gasteiger partial charge in [-0.3, -0.25) is 9.69 Å². The molecule has 0 rings (SSSR count). The molecule has 0 aliphatic heterocycles. The number of hydrogen-bond acceptors (Lipinski definition) is 3. The van der Waals surface area contributed by atoms with Crippen molar-refractivity contribution in [3.63, 3.8) is 0 Å². The lowest BCUT2D eigenvalue weighted by Crippen LogP contribution is -2.42. The van der Waals surface area contributed by atoms with Gasteiger partial charge in [-0.05, 0) is 27.8 Å². The van der Waals surface area contributed by atoms with Crippen LogP contribution in [0.4, 0.5) is 0 Å². The topological polar surface area (TPSA) is 20.3 Å². The Morgan fingerprint density at radius 2 is 2.00 bits per heavy atom. The van der Waals surface area contributed by atoms with E-state index in [2.05, 4.69) is 26.5 Å². The molecule has 0 amide bonds. The number of likely N-dealkylation sites (N-methyl/N-ethyl adjacent to an activating group) is 1. The van der Waals surface area contributed by atoms with E-state index in [1.807, 2.05) is 11.9 Å². The van der Waals surface area contributed by atoms with E-state index in [9.17, 15) is 4.79 Å². The van der Waals surface area contributed by atoms with Crippen LogP contribution >= 0.6 is 12.6 Å². The zero-order valence-corrected chi connectivity index (χ0v) is 8.56. The number of thiol groups is 1. The van der Waals surface area contributed by atoms with Crippen molar-refractivity contribution in [1.29, 1.82) is 0 Å². The molecule has 0 unspecified atom stereocenters. The van der Waals surface area contributed by atoms with Crippen LogP contribution in [-0.2, 0) is 4.79 Å². The van der Waals surface area contributed by atoms with E-state index in [1.54, 1.807) is 6.92 Å². The third-order valence-electron chi connectivity index (χ3n) is 1.95. The molecule has 66 valence electrons. The van der Waals surface area contributed by atoms with Crippen molar-refractivity contribution < 1.29 is 4.79 Å². The third kappa shape index (κ3) is 3.25. The van der Waals surface area contributed by atoms with E-state index in [0.717, 1.165) is 0 Å². The number of carbonyl (C=O) groups excluding carboxylic acids is 1.